The highest BCUT2D eigenvalue weighted by atomic mass is 16.5. The number of ether oxygens (including phenoxy) is 1. The predicted molar refractivity (Wildman–Crippen MR) is 103 cm³/mol. The molecule has 0 saturated carbocycles. The summed E-state index contributed by atoms with van der Waals surface area (Å²) in [5, 5.41) is 4.23. The van der Waals surface area contributed by atoms with E-state index in [9.17, 15) is 4.79 Å². The van der Waals surface area contributed by atoms with Crippen molar-refractivity contribution in [1.29, 1.82) is 0 Å². The van der Waals surface area contributed by atoms with E-state index in [4.69, 9.17) is 9.15 Å². The van der Waals surface area contributed by atoms with Crippen LogP contribution in [0.5, 0.6) is 5.75 Å². The molecule has 2 aromatic heterocycles. The predicted octanol–water partition coefficient (Wildman–Crippen LogP) is 3.91. The van der Waals surface area contributed by atoms with Crippen LogP contribution in [0.1, 0.15) is 41.4 Å². The van der Waals surface area contributed by atoms with Crippen molar-refractivity contribution in [3.8, 4) is 5.75 Å². The fraction of sp³-hybridized carbons (Fsp3) is 0.333. The molecule has 0 radical (unpaired) electrons. The van der Waals surface area contributed by atoms with Crippen LogP contribution in [0.3, 0.4) is 0 Å². The van der Waals surface area contributed by atoms with Gasteiger partial charge in [-0.25, -0.2) is 0 Å². The highest BCUT2D eigenvalue weighted by molar-refractivity contribution is 5.91. The van der Waals surface area contributed by atoms with Gasteiger partial charge in [0.25, 0.3) is 5.91 Å². The lowest BCUT2D eigenvalue weighted by Gasteiger charge is -2.16. The maximum atomic E-state index is 12.6. The lowest BCUT2D eigenvalue weighted by Crippen LogP contribution is -2.27. The molecule has 6 nitrogen and oxygen atoms in total. The lowest BCUT2D eigenvalue weighted by atomic mass is 10.2. The SMILES string of the molecule is CCc1ccc(OCc2ccc(C(=O)N(C)Cc3ccnn3CC)o2)cc1. The van der Waals surface area contributed by atoms with E-state index in [1.807, 2.05) is 41.9 Å². The van der Waals surface area contributed by atoms with E-state index in [-0.39, 0.29) is 12.5 Å². The Kier molecular flexibility index (Phi) is 5.96. The first-order chi connectivity index (χ1) is 13.1. The molecule has 3 aromatic rings. The van der Waals surface area contributed by atoms with Crippen LogP contribution < -0.4 is 4.74 Å². The van der Waals surface area contributed by atoms with Gasteiger partial charge in [0.1, 0.15) is 18.1 Å². The second kappa shape index (κ2) is 8.58. The highest BCUT2D eigenvalue weighted by Crippen LogP contribution is 2.17. The number of benzene rings is 1. The van der Waals surface area contributed by atoms with E-state index in [1.165, 1.54) is 5.56 Å². The third-order valence-corrected chi connectivity index (χ3v) is 4.44. The summed E-state index contributed by atoms with van der Waals surface area (Å²) in [7, 11) is 1.75. The minimum Gasteiger partial charge on any atom is -0.486 e. The quantitative estimate of drug-likeness (QED) is 0.606. The Morgan fingerprint density at radius 3 is 2.63 bits per heavy atom. The molecular formula is C21H25N3O3. The third-order valence-electron chi connectivity index (χ3n) is 4.44. The second-order valence-corrected chi connectivity index (χ2v) is 6.35. The summed E-state index contributed by atoms with van der Waals surface area (Å²) < 4.78 is 13.3. The normalized spacial score (nSPS) is 10.8. The van der Waals surface area contributed by atoms with Crippen LogP contribution in [0, 0.1) is 0 Å². The number of hydrogen-bond acceptors (Lipinski definition) is 4. The van der Waals surface area contributed by atoms with E-state index in [2.05, 4.69) is 12.0 Å². The average Bonchev–Trinajstić information content (AvgIpc) is 3.35. The molecule has 0 saturated heterocycles. The molecule has 0 bridgehead atoms. The first kappa shape index (κ1) is 18.8. The molecule has 6 heteroatoms. The molecule has 0 fully saturated rings. The molecule has 1 aromatic carbocycles. The molecule has 0 spiro atoms. The molecule has 0 aliphatic heterocycles. The molecule has 3 rings (SSSR count). The number of aryl methyl sites for hydroxylation is 2. The molecule has 0 N–H and O–H groups in total. The number of amides is 1. The van der Waals surface area contributed by atoms with Gasteiger partial charge in [-0.05, 0) is 49.2 Å². The van der Waals surface area contributed by atoms with Crippen LogP contribution in [-0.2, 0) is 26.1 Å². The maximum Gasteiger partial charge on any atom is 0.289 e. The zero-order valence-electron chi connectivity index (χ0n) is 16.0. The summed E-state index contributed by atoms with van der Waals surface area (Å²) in [6.45, 7) is 5.66. The molecule has 2 heterocycles. The first-order valence-corrected chi connectivity index (χ1v) is 9.17. The molecule has 142 valence electrons. The minimum atomic E-state index is -0.169. The lowest BCUT2D eigenvalue weighted by molar-refractivity contribution is 0.0745. The number of rotatable bonds is 8. The number of nitrogens with zero attached hydrogens (tertiary/aromatic N) is 3. The second-order valence-electron chi connectivity index (χ2n) is 6.35. The van der Waals surface area contributed by atoms with Crippen LogP contribution in [0.15, 0.2) is 53.1 Å². The van der Waals surface area contributed by atoms with Crippen molar-refractivity contribution in [3.05, 3.63) is 71.4 Å². The number of furan rings is 1. The number of hydrogen-bond donors (Lipinski definition) is 0. The van der Waals surface area contributed by atoms with Crippen LogP contribution >= 0.6 is 0 Å². The van der Waals surface area contributed by atoms with Crippen molar-refractivity contribution in [1.82, 2.24) is 14.7 Å². The Morgan fingerprint density at radius 1 is 1.15 bits per heavy atom. The fourth-order valence-electron chi connectivity index (χ4n) is 2.83. The first-order valence-electron chi connectivity index (χ1n) is 9.17. The Labute approximate surface area is 159 Å². The Hall–Kier alpha value is -3.02. The molecule has 0 aliphatic rings. The summed E-state index contributed by atoms with van der Waals surface area (Å²) in [6.07, 6.45) is 2.74. The largest absolute Gasteiger partial charge is 0.486 e. The van der Waals surface area contributed by atoms with Crippen molar-refractivity contribution >= 4 is 5.91 Å². The smallest absolute Gasteiger partial charge is 0.289 e. The standard InChI is InChI=1S/C21H25N3O3/c1-4-16-6-8-18(9-7-16)26-15-19-10-11-20(27-19)21(25)23(3)14-17-12-13-22-24(17)5-2/h6-13H,4-5,14-15H2,1-3H3. The van der Waals surface area contributed by atoms with Gasteiger partial charge >= 0.3 is 0 Å². The van der Waals surface area contributed by atoms with Crippen LogP contribution in [0.25, 0.3) is 0 Å². The van der Waals surface area contributed by atoms with Gasteiger partial charge in [0, 0.05) is 19.8 Å². The van der Waals surface area contributed by atoms with Gasteiger partial charge in [0.2, 0.25) is 0 Å². The highest BCUT2D eigenvalue weighted by Gasteiger charge is 2.17. The van der Waals surface area contributed by atoms with Gasteiger partial charge in [-0.2, -0.15) is 5.10 Å². The van der Waals surface area contributed by atoms with Gasteiger partial charge in [-0.1, -0.05) is 19.1 Å². The topological polar surface area (TPSA) is 60.5 Å². The number of aromatic nitrogens is 2. The summed E-state index contributed by atoms with van der Waals surface area (Å²) in [5.74, 6) is 1.53. The van der Waals surface area contributed by atoms with Crippen molar-refractivity contribution in [2.45, 2.75) is 40.0 Å². The van der Waals surface area contributed by atoms with Crippen molar-refractivity contribution in [3.63, 3.8) is 0 Å². The summed E-state index contributed by atoms with van der Waals surface area (Å²) in [5.41, 5.74) is 2.25. The Balaban J connectivity index is 1.58. The molecule has 27 heavy (non-hydrogen) atoms. The summed E-state index contributed by atoms with van der Waals surface area (Å²) >= 11 is 0. The van der Waals surface area contributed by atoms with E-state index in [1.54, 1.807) is 30.3 Å². The molecule has 1 amide bonds. The zero-order valence-corrected chi connectivity index (χ0v) is 16.0. The molecule has 0 aliphatic carbocycles. The van der Waals surface area contributed by atoms with Crippen molar-refractivity contribution in [2.24, 2.45) is 0 Å². The average molecular weight is 367 g/mol. The Morgan fingerprint density at radius 2 is 1.93 bits per heavy atom. The fourth-order valence-corrected chi connectivity index (χ4v) is 2.83. The van der Waals surface area contributed by atoms with Crippen molar-refractivity contribution < 1.29 is 13.9 Å². The van der Waals surface area contributed by atoms with Crippen LogP contribution in [0.4, 0.5) is 0 Å². The number of carbonyl (C=O) groups excluding carboxylic acids is 1. The van der Waals surface area contributed by atoms with E-state index >= 15 is 0 Å². The van der Waals surface area contributed by atoms with Crippen molar-refractivity contribution in [2.75, 3.05) is 7.05 Å². The summed E-state index contributed by atoms with van der Waals surface area (Å²) in [4.78, 5) is 14.2. The van der Waals surface area contributed by atoms with Gasteiger partial charge < -0.3 is 14.1 Å². The van der Waals surface area contributed by atoms with Crippen LogP contribution in [0.2, 0.25) is 0 Å². The third kappa shape index (κ3) is 4.58. The van der Waals surface area contributed by atoms with Gasteiger partial charge in [0.15, 0.2) is 5.76 Å². The molecule has 0 unspecified atom stereocenters. The number of carbonyl (C=O) groups is 1. The van der Waals surface area contributed by atoms with Gasteiger partial charge in [0.05, 0.1) is 12.2 Å². The molecule has 0 atom stereocenters. The van der Waals surface area contributed by atoms with E-state index in [0.29, 0.717) is 18.1 Å². The minimum absolute atomic E-state index is 0.169. The van der Waals surface area contributed by atoms with E-state index in [0.717, 1.165) is 24.4 Å². The maximum absolute atomic E-state index is 12.6. The summed E-state index contributed by atoms with van der Waals surface area (Å²) in [6, 6.07) is 13.4. The molecular weight excluding hydrogens is 342 g/mol. The zero-order chi connectivity index (χ0) is 19.2. The Bertz CT molecular complexity index is 880. The van der Waals surface area contributed by atoms with Crippen LogP contribution in [-0.4, -0.2) is 27.6 Å². The monoisotopic (exact) mass is 367 g/mol. The van der Waals surface area contributed by atoms with E-state index < -0.39 is 0 Å². The van der Waals surface area contributed by atoms with Gasteiger partial charge in [-0.15, -0.1) is 0 Å². The van der Waals surface area contributed by atoms with Gasteiger partial charge in [-0.3, -0.25) is 9.48 Å².